The summed E-state index contributed by atoms with van der Waals surface area (Å²) in [6.45, 7) is 0. The molecule has 0 aliphatic carbocycles. The number of para-hydroxylation sites is 1. The van der Waals surface area contributed by atoms with Crippen molar-refractivity contribution in [1.29, 1.82) is 0 Å². The zero-order valence-corrected chi connectivity index (χ0v) is 8.81. The fourth-order valence-electron chi connectivity index (χ4n) is 1.25. The zero-order valence-electron chi connectivity index (χ0n) is 8.81. The van der Waals surface area contributed by atoms with Gasteiger partial charge in [-0.2, -0.15) is 5.10 Å². The first-order valence-corrected chi connectivity index (χ1v) is 4.92. The number of hydrogen-bond donors (Lipinski definition) is 3. The van der Waals surface area contributed by atoms with E-state index in [1.165, 1.54) is 12.3 Å². The van der Waals surface area contributed by atoms with E-state index >= 15 is 0 Å². The normalized spacial score (nSPS) is 10.6. The van der Waals surface area contributed by atoms with Gasteiger partial charge in [0.1, 0.15) is 0 Å². The molecule has 1 aromatic heterocycles. The molecule has 0 amide bonds. The number of nitrogens with one attached hydrogen (secondary N) is 3. The van der Waals surface area contributed by atoms with Gasteiger partial charge in [0.2, 0.25) is 0 Å². The first-order valence-electron chi connectivity index (χ1n) is 4.92. The Morgan fingerprint density at radius 1 is 1.12 bits per heavy atom. The van der Waals surface area contributed by atoms with Gasteiger partial charge < -0.3 is 4.98 Å². The second-order valence-electron chi connectivity index (χ2n) is 3.28. The predicted octanol–water partition coefficient (Wildman–Crippen LogP) is 0.509. The van der Waals surface area contributed by atoms with Crippen LogP contribution in [0.5, 0.6) is 0 Å². The summed E-state index contributed by atoms with van der Waals surface area (Å²) in [4.78, 5) is 26.4. The number of aromatic amines is 2. The zero-order chi connectivity index (χ0) is 12.1. The summed E-state index contributed by atoms with van der Waals surface area (Å²) in [5.74, 6) is 0. The molecule has 0 spiro atoms. The van der Waals surface area contributed by atoms with Crippen molar-refractivity contribution >= 4 is 11.9 Å². The quantitative estimate of drug-likeness (QED) is 0.530. The van der Waals surface area contributed by atoms with E-state index in [-0.39, 0.29) is 0 Å². The van der Waals surface area contributed by atoms with Crippen LogP contribution in [0.2, 0.25) is 0 Å². The van der Waals surface area contributed by atoms with E-state index in [2.05, 4.69) is 20.5 Å². The Labute approximate surface area is 96.0 Å². The van der Waals surface area contributed by atoms with E-state index in [1.54, 1.807) is 0 Å². The molecule has 1 aromatic carbocycles. The van der Waals surface area contributed by atoms with Crippen LogP contribution < -0.4 is 16.7 Å². The third-order valence-corrected chi connectivity index (χ3v) is 1.95. The average Bonchev–Trinajstić information content (AvgIpc) is 2.29. The van der Waals surface area contributed by atoms with Crippen LogP contribution in [0, 0.1) is 0 Å². The van der Waals surface area contributed by atoms with Crippen molar-refractivity contribution in [2.45, 2.75) is 0 Å². The molecule has 1 heterocycles. The Kier molecular flexibility index (Phi) is 3.15. The molecule has 6 heteroatoms. The van der Waals surface area contributed by atoms with Crippen LogP contribution in [-0.2, 0) is 0 Å². The van der Waals surface area contributed by atoms with Gasteiger partial charge in [0.25, 0.3) is 5.56 Å². The fraction of sp³-hybridized carbons (Fsp3) is 0. The molecule has 0 unspecified atom stereocenters. The minimum Gasteiger partial charge on any atom is -0.306 e. The summed E-state index contributed by atoms with van der Waals surface area (Å²) in [5, 5.41) is 3.90. The van der Waals surface area contributed by atoms with Gasteiger partial charge in [-0.25, -0.2) is 4.79 Å². The van der Waals surface area contributed by atoms with Crippen LogP contribution in [0.1, 0.15) is 5.69 Å². The minimum atomic E-state index is -0.557. The van der Waals surface area contributed by atoms with Crippen molar-refractivity contribution in [3.8, 4) is 0 Å². The summed E-state index contributed by atoms with van der Waals surface area (Å²) < 4.78 is 0. The molecule has 0 aliphatic heterocycles. The monoisotopic (exact) mass is 230 g/mol. The van der Waals surface area contributed by atoms with E-state index in [9.17, 15) is 9.59 Å². The smallest absolute Gasteiger partial charge is 0.306 e. The highest BCUT2D eigenvalue weighted by atomic mass is 16.2. The van der Waals surface area contributed by atoms with Crippen LogP contribution in [0.4, 0.5) is 5.69 Å². The topological polar surface area (TPSA) is 90.1 Å². The molecule has 0 radical (unpaired) electrons. The number of H-pyrrole nitrogens is 2. The molecule has 0 fully saturated rings. The fourth-order valence-corrected chi connectivity index (χ4v) is 1.25. The first-order chi connectivity index (χ1) is 8.24. The van der Waals surface area contributed by atoms with E-state index in [4.69, 9.17) is 0 Å². The summed E-state index contributed by atoms with van der Waals surface area (Å²) >= 11 is 0. The number of rotatable bonds is 3. The number of aromatic nitrogens is 2. The van der Waals surface area contributed by atoms with E-state index in [0.29, 0.717) is 5.69 Å². The summed E-state index contributed by atoms with van der Waals surface area (Å²) in [6.07, 6.45) is 1.36. The molecule has 6 nitrogen and oxygen atoms in total. The van der Waals surface area contributed by atoms with Gasteiger partial charge in [-0.15, -0.1) is 0 Å². The molecule has 0 bridgehead atoms. The highest BCUT2D eigenvalue weighted by Gasteiger charge is 1.92. The number of hydrazone groups is 1. The van der Waals surface area contributed by atoms with Crippen LogP contribution in [-0.4, -0.2) is 16.2 Å². The summed E-state index contributed by atoms with van der Waals surface area (Å²) in [5.41, 5.74) is 2.90. The number of hydrogen-bond acceptors (Lipinski definition) is 4. The number of benzene rings is 1. The molecule has 86 valence electrons. The highest BCUT2D eigenvalue weighted by Crippen LogP contribution is 2.03. The molecule has 0 atom stereocenters. The van der Waals surface area contributed by atoms with Gasteiger partial charge in [0.05, 0.1) is 17.6 Å². The van der Waals surface area contributed by atoms with Crippen molar-refractivity contribution in [2.75, 3.05) is 5.43 Å². The number of nitrogens with zero attached hydrogens (tertiary/aromatic N) is 1. The third-order valence-electron chi connectivity index (χ3n) is 1.95. The molecular formula is C11H10N4O2. The Morgan fingerprint density at radius 3 is 2.59 bits per heavy atom. The Balaban J connectivity index is 2.11. The van der Waals surface area contributed by atoms with Gasteiger partial charge in [0.15, 0.2) is 0 Å². The van der Waals surface area contributed by atoms with E-state index in [0.717, 1.165) is 5.69 Å². The van der Waals surface area contributed by atoms with Crippen molar-refractivity contribution in [3.05, 3.63) is 62.9 Å². The highest BCUT2D eigenvalue weighted by molar-refractivity contribution is 5.77. The molecule has 0 saturated carbocycles. The van der Waals surface area contributed by atoms with Crippen molar-refractivity contribution in [2.24, 2.45) is 5.10 Å². The molecule has 0 saturated heterocycles. The standard InChI is InChI=1S/C11H10N4O2/c16-10-6-9(13-11(17)14-10)7-12-15-8-4-2-1-3-5-8/h1-7,15H,(H2,13,14,16,17)/b12-7+. The minimum absolute atomic E-state index is 0.335. The van der Waals surface area contributed by atoms with Gasteiger partial charge in [0, 0.05) is 6.07 Å². The Hall–Kier alpha value is -2.63. The van der Waals surface area contributed by atoms with Gasteiger partial charge in [-0.3, -0.25) is 15.2 Å². The lowest BCUT2D eigenvalue weighted by Gasteiger charge is -1.97. The van der Waals surface area contributed by atoms with Crippen LogP contribution in [0.3, 0.4) is 0 Å². The van der Waals surface area contributed by atoms with Gasteiger partial charge in [-0.1, -0.05) is 18.2 Å². The lowest BCUT2D eigenvalue weighted by Crippen LogP contribution is -2.22. The maximum atomic E-state index is 11.0. The van der Waals surface area contributed by atoms with Crippen LogP contribution in [0.15, 0.2) is 51.1 Å². The molecular weight excluding hydrogens is 220 g/mol. The lowest BCUT2D eigenvalue weighted by molar-refractivity contribution is 1.03. The summed E-state index contributed by atoms with van der Waals surface area (Å²) in [6, 6.07) is 10.6. The molecule has 3 N–H and O–H groups in total. The van der Waals surface area contributed by atoms with E-state index < -0.39 is 11.2 Å². The SMILES string of the molecule is O=c1cc(/C=N/Nc2ccccc2)[nH]c(=O)[nH]1. The third kappa shape index (κ3) is 3.16. The molecule has 2 aromatic rings. The number of anilines is 1. The molecule has 17 heavy (non-hydrogen) atoms. The lowest BCUT2D eigenvalue weighted by atomic mass is 10.3. The average molecular weight is 230 g/mol. The molecule has 2 rings (SSSR count). The second-order valence-corrected chi connectivity index (χ2v) is 3.28. The predicted molar refractivity (Wildman–Crippen MR) is 65.3 cm³/mol. The summed E-state index contributed by atoms with van der Waals surface area (Å²) in [7, 11) is 0. The Bertz CT molecular complexity index is 599. The van der Waals surface area contributed by atoms with Crippen molar-refractivity contribution in [1.82, 2.24) is 9.97 Å². The second kappa shape index (κ2) is 4.93. The van der Waals surface area contributed by atoms with Gasteiger partial charge in [-0.05, 0) is 12.1 Å². The first kappa shape index (κ1) is 10.9. The van der Waals surface area contributed by atoms with Crippen molar-refractivity contribution in [3.63, 3.8) is 0 Å². The maximum absolute atomic E-state index is 11.0. The maximum Gasteiger partial charge on any atom is 0.326 e. The molecule has 0 aliphatic rings. The van der Waals surface area contributed by atoms with E-state index in [1.807, 2.05) is 30.3 Å². The largest absolute Gasteiger partial charge is 0.326 e. The van der Waals surface area contributed by atoms with Crippen LogP contribution in [0.25, 0.3) is 0 Å². The van der Waals surface area contributed by atoms with Gasteiger partial charge >= 0.3 is 5.69 Å². The van der Waals surface area contributed by atoms with Crippen molar-refractivity contribution < 1.29 is 0 Å². The Morgan fingerprint density at radius 2 is 1.88 bits per heavy atom. The van der Waals surface area contributed by atoms with Crippen LogP contribution >= 0.6 is 0 Å².